The van der Waals surface area contributed by atoms with Gasteiger partial charge in [-0.15, -0.1) is 5.10 Å². The highest BCUT2D eigenvalue weighted by Crippen LogP contribution is 2.27. The van der Waals surface area contributed by atoms with Crippen molar-refractivity contribution >= 4 is 29.4 Å². The van der Waals surface area contributed by atoms with E-state index in [9.17, 15) is 9.59 Å². The number of aromatic amines is 1. The number of amides is 3. The molecule has 1 aromatic carbocycles. The highest BCUT2D eigenvalue weighted by Gasteiger charge is 2.21. The van der Waals surface area contributed by atoms with Crippen LogP contribution in [-0.2, 0) is 11.2 Å². The number of nitrogens with one attached hydrogen (secondary N) is 3. The van der Waals surface area contributed by atoms with Crippen molar-refractivity contribution in [1.29, 1.82) is 0 Å². The summed E-state index contributed by atoms with van der Waals surface area (Å²) in [6.07, 6.45) is 6.00. The maximum Gasteiger partial charge on any atom is 0.325 e. The van der Waals surface area contributed by atoms with Crippen LogP contribution in [0.5, 0.6) is 0 Å². The van der Waals surface area contributed by atoms with E-state index in [0.29, 0.717) is 16.8 Å². The summed E-state index contributed by atoms with van der Waals surface area (Å²) in [5.74, 6) is 1.17. The second-order valence-electron chi connectivity index (χ2n) is 6.49. The van der Waals surface area contributed by atoms with Crippen LogP contribution >= 0.6 is 11.8 Å². The highest BCUT2D eigenvalue weighted by molar-refractivity contribution is 8.00. The average Bonchev–Trinajstić information content (AvgIpc) is 3.28. The molecule has 8 heteroatoms. The number of hydrogen-bond acceptors (Lipinski definition) is 5. The summed E-state index contributed by atoms with van der Waals surface area (Å²) in [6.45, 7) is 1.73. The van der Waals surface area contributed by atoms with Crippen LogP contribution in [0.2, 0.25) is 0 Å². The maximum absolute atomic E-state index is 12.2. The van der Waals surface area contributed by atoms with E-state index in [2.05, 4.69) is 25.8 Å². The molecule has 1 heterocycles. The van der Waals surface area contributed by atoms with Gasteiger partial charge in [0.15, 0.2) is 0 Å². The first kappa shape index (κ1) is 18.4. The highest BCUT2D eigenvalue weighted by atomic mass is 32.2. The smallest absolute Gasteiger partial charge is 0.308 e. The lowest BCUT2D eigenvalue weighted by Crippen LogP contribution is -2.38. The monoisotopic (exact) mass is 373 g/mol. The fourth-order valence-corrected chi connectivity index (χ4v) is 3.76. The van der Waals surface area contributed by atoms with Crippen molar-refractivity contribution in [2.45, 2.75) is 49.4 Å². The molecule has 0 radical (unpaired) electrons. The first-order valence-electron chi connectivity index (χ1n) is 8.85. The summed E-state index contributed by atoms with van der Waals surface area (Å²) >= 11 is 1.23. The summed E-state index contributed by atoms with van der Waals surface area (Å²) in [5, 5.41) is 12.1. The number of hydrogen-bond donors (Lipinski definition) is 3. The molecule has 0 saturated heterocycles. The lowest BCUT2D eigenvalue weighted by molar-refractivity contribution is -0.119. The topological polar surface area (TPSA) is 99.8 Å². The van der Waals surface area contributed by atoms with Crippen molar-refractivity contribution in [3.05, 3.63) is 36.2 Å². The summed E-state index contributed by atoms with van der Waals surface area (Å²) in [4.78, 5) is 28.5. The van der Waals surface area contributed by atoms with Crippen LogP contribution in [0.25, 0.3) is 0 Å². The first-order valence-corrected chi connectivity index (χ1v) is 9.73. The number of carbonyl (C=O) groups excluding carboxylic acids is 2. The Morgan fingerprint density at radius 1 is 1.27 bits per heavy atom. The van der Waals surface area contributed by atoms with Gasteiger partial charge in [0, 0.05) is 12.1 Å². The van der Waals surface area contributed by atoms with Crippen LogP contribution in [0.15, 0.2) is 35.5 Å². The number of H-pyrrole nitrogens is 1. The van der Waals surface area contributed by atoms with E-state index in [0.717, 1.165) is 12.2 Å². The van der Waals surface area contributed by atoms with E-state index < -0.39 is 11.3 Å². The molecule has 1 saturated carbocycles. The van der Waals surface area contributed by atoms with Gasteiger partial charge in [-0.1, -0.05) is 55.6 Å². The predicted octanol–water partition coefficient (Wildman–Crippen LogP) is 3.37. The van der Waals surface area contributed by atoms with Gasteiger partial charge in [-0.3, -0.25) is 15.2 Å². The Bertz CT molecular complexity index is 743. The standard InChI is InChI=1S/C18H23N5O2S/c1-12(16(24)21-17(25)19-14-9-3-2-4-10-14)26-18-20-15(22-23-18)11-13-7-5-6-8-13/h2-4,9-10,12-13H,5-8,11H2,1H3,(H,20,22,23)(H2,19,21,24,25). The third-order valence-corrected chi connectivity index (χ3v) is 5.35. The van der Waals surface area contributed by atoms with Crippen LogP contribution in [0.4, 0.5) is 10.5 Å². The van der Waals surface area contributed by atoms with Gasteiger partial charge in [-0.25, -0.2) is 9.78 Å². The molecule has 3 rings (SSSR count). The van der Waals surface area contributed by atoms with Crippen LogP contribution in [-0.4, -0.2) is 32.4 Å². The number of imide groups is 1. The largest absolute Gasteiger partial charge is 0.325 e. The SMILES string of the molecule is CC(Sc1n[nH]c(CC2CCCC2)n1)C(=O)NC(=O)Nc1ccccc1. The first-order chi connectivity index (χ1) is 12.6. The van der Waals surface area contributed by atoms with Gasteiger partial charge in [-0.05, 0) is 25.0 Å². The quantitative estimate of drug-likeness (QED) is 0.674. The van der Waals surface area contributed by atoms with Gasteiger partial charge in [0.2, 0.25) is 11.1 Å². The molecule has 3 amide bonds. The molecule has 3 N–H and O–H groups in total. The fourth-order valence-electron chi connectivity index (χ4n) is 3.02. The fraction of sp³-hybridized carbons (Fsp3) is 0.444. The van der Waals surface area contributed by atoms with Crippen LogP contribution in [0.3, 0.4) is 0 Å². The summed E-state index contributed by atoms with van der Waals surface area (Å²) in [5.41, 5.74) is 0.628. The molecule has 1 atom stereocenters. The maximum atomic E-state index is 12.2. The van der Waals surface area contributed by atoms with E-state index in [1.807, 2.05) is 18.2 Å². The Morgan fingerprint density at radius 2 is 2.00 bits per heavy atom. The second kappa shape index (κ2) is 8.84. The van der Waals surface area contributed by atoms with Gasteiger partial charge < -0.3 is 5.32 Å². The number of urea groups is 1. The van der Waals surface area contributed by atoms with E-state index in [-0.39, 0.29) is 5.91 Å². The molecule has 1 fully saturated rings. The molecular formula is C18H23N5O2S. The third kappa shape index (κ3) is 5.32. The number of thioether (sulfide) groups is 1. The van der Waals surface area contributed by atoms with Crippen molar-refractivity contribution in [3.63, 3.8) is 0 Å². The number of nitrogens with zero attached hydrogens (tertiary/aromatic N) is 2. The van der Waals surface area contributed by atoms with Crippen LogP contribution in [0.1, 0.15) is 38.4 Å². The van der Waals surface area contributed by atoms with Gasteiger partial charge in [-0.2, -0.15) is 0 Å². The molecule has 2 aromatic rings. The number of carbonyl (C=O) groups is 2. The van der Waals surface area contributed by atoms with Gasteiger partial charge in [0.1, 0.15) is 5.82 Å². The normalized spacial score (nSPS) is 15.6. The predicted molar refractivity (Wildman–Crippen MR) is 101 cm³/mol. The number of para-hydroxylation sites is 1. The minimum absolute atomic E-state index is 0.384. The van der Waals surface area contributed by atoms with Crippen molar-refractivity contribution < 1.29 is 9.59 Å². The number of anilines is 1. The molecular weight excluding hydrogens is 350 g/mol. The van der Waals surface area contributed by atoms with Crippen molar-refractivity contribution in [1.82, 2.24) is 20.5 Å². The Hall–Kier alpha value is -2.35. The van der Waals surface area contributed by atoms with E-state index in [1.165, 1.54) is 37.4 Å². The Kier molecular flexibility index (Phi) is 6.27. The van der Waals surface area contributed by atoms with E-state index in [4.69, 9.17) is 0 Å². The molecule has 1 aromatic heterocycles. The van der Waals surface area contributed by atoms with Crippen LogP contribution in [0, 0.1) is 5.92 Å². The average molecular weight is 373 g/mol. The zero-order valence-corrected chi connectivity index (χ0v) is 15.5. The molecule has 0 bridgehead atoms. The van der Waals surface area contributed by atoms with Gasteiger partial charge >= 0.3 is 6.03 Å². The molecule has 7 nitrogen and oxygen atoms in total. The van der Waals surface area contributed by atoms with Crippen molar-refractivity contribution in [2.75, 3.05) is 5.32 Å². The molecule has 26 heavy (non-hydrogen) atoms. The summed E-state index contributed by atoms with van der Waals surface area (Å²) < 4.78 is 0. The van der Waals surface area contributed by atoms with Crippen LogP contribution < -0.4 is 10.6 Å². The zero-order chi connectivity index (χ0) is 18.4. The molecule has 0 aliphatic heterocycles. The zero-order valence-electron chi connectivity index (χ0n) is 14.7. The minimum Gasteiger partial charge on any atom is -0.308 e. The molecule has 1 unspecified atom stereocenters. The Morgan fingerprint density at radius 3 is 2.73 bits per heavy atom. The van der Waals surface area contributed by atoms with Gasteiger partial charge in [0.05, 0.1) is 5.25 Å². The van der Waals surface area contributed by atoms with Crippen molar-refractivity contribution in [2.24, 2.45) is 5.92 Å². The van der Waals surface area contributed by atoms with Crippen molar-refractivity contribution in [3.8, 4) is 0 Å². The Balaban J connectivity index is 1.46. The summed E-state index contributed by atoms with van der Waals surface area (Å²) in [6, 6.07) is 8.42. The van der Waals surface area contributed by atoms with E-state index >= 15 is 0 Å². The lowest BCUT2D eigenvalue weighted by Gasteiger charge is -2.10. The number of benzene rings is 1. The molecule has 1 aliphatic rings. The molecule has 138 valence electrons. The second-order valence-corrected chi connectivity index (χ2v) is 7.80. The van der Waals surface area contributed by atoms with Gasteiger partial charge in [0.25, 0.3) is 0 Å². The number of aromatic nitrogens is 3. The Labute approximate surface area is 156 Å². The molecule has 1 aliphatic carbocycles. The third-order valence-electron chi connectivity index (χ3n) is 4.39. The number of rotatable bonds is 6. The van der Waals surface area contributed by atoms with E-state index in [1.54, 1.807) is 19.1 Å². The minimum atomic E-state index is -0.550. The summed E-state index contributed by atoms with van der Waals surface area (Å²) in [7, 11) is 0. The molecule has 0 spiro atoms. The lowest BCUT2D eigenvalue weighted by atomic mass is 10.0.